The fraction of sp³-hybridized carbons (Fsp3) is 0.429. The highest BCUT2D eigenvalue weighted by Gasteiger charge is 2.46. The van der Waals surface area contributed by atoms with Crippen molar-refractivity contribution in [2.24, 2.45) is 0 Å². The summed E-state index contributed by atoms with van der Waals surface area (Å²) in [6, 6.07) is 3.49. The lowest BCUT2D eigenvalue weighted by molar-refractivity contribution is -0.244. The van der Waals surface area contributed by atoms with Gasteiger partial charge in [-0.05, 0) is 23.8 Å². The van der Waals surface area contributed by atoms with Gasteiger partial charge in [-0.3, -0.25) is 19.3 Å². The van der Waals surface area contributed by atoms with E-state index in [9.17, 15) is 29.7 Å². The summed E-state index contributed by atoms with van der Waals surface area (Å²) in [6.45, 7) is 0.0914. The Kier molecular flexibility index (Phi) is 8.69. The first-order chi connectivity index (χ1) is 16.5. The van der Waals surface area contributed by atoms with Crippen LogP contribution in [0.15, 0.2) is 23.1 Å². The first-order valence-corrected chi connectivity index (χ1v) is 11.5. The number of methoxy groups -OCH3 is 1. The highest BCUT2D eigenvalue weighted by molar-refractivity contribution is 8.26. The maximum atomic E-state index is 12.5. The van der Waals surface area contributed by atoms with Crippen LogP contribution in [0.5, 0.6) is 11.5 Å². The number of rotatable bonds is 8. The minimum atomic E-state index is -1.48. The van der Waals surface area contributed by atoms with Gasteiger partial charge >= 0.3 is 5.97 Å². The molecule has 2 aliphatic rings. The van der Waals surface area contributed by atoms with E-state index in [-0.39, 0.29) is 20.7 Å². The van der Waals surface area contributed by atoms with Crippen molar-refractivity contribution in [1.29, 1.82) is 0 Å². The smallest absolute Gasteiger partial charge is 0.323 e. The van der Waals surface area contributed by atoms with Gasteiger partial charge in [-0.1, -0.05) is 30.0 Å². The fourth-order valence-electron chi connectivity index (χ4n) is 3.49. The van der Waals surface area contributed by atoms with Crippen LogP contribution in [0.2, 0.25) is 0 Å². The first-order valence-electron chi connectivity index (χ1n) is 10.3. The standard InChI is InChI=1S/C21H24N2O10S2/c1-9(25)22-16-18(29)17(28)13(8-24)33-20(16)32-11-4-3-10(5-12(11)31-2)6-14-19(30)23(7-15(26)27)21(34)35-14/h3-6,13,16-18,20,24,28-29H,7-8H2,1-2H3,(H,22,25)(H,26,27)/b14-6-/t13-,16-,17-,18-,20-/m1/s1. The third-order valence-electron chi connectivity index (χ3n) is 5.15. The quantitative estimate of drug-likeness (QED) is 0.212. The van der Waals surface area contributed by atoms with E-state index >= 15 is 0 Å². The number of aliphatic hydroxyl groups is 3. The summed E-state index contributed by atoms with van der Waals surface area (Å²) in [5.41, 5.74) is 0.525. The average Bonchev–Trinajstić information content (AvgIpc) is 3.06. The molecule has 5 N–H and O–H groups in total. The van der Waals surface area contributed by atoms with Crippen LogP contribution < -0.4 is 14.8 Å². The number of thiocarbonyl (C=S) groups is 1. The van der Waals surface area contributed by atoms with Crippen LogP contribution in [0.1, 0.15) is 12.5 Å². The molecule has 0 saturated carbocycles. The summed E-state index contributed by atoms with van der Waals surface area (Å²) in [7, 11) is 1.38. The molecule has 0 bridgehead atoms. The molecule has 35 heavy (non-hydrogen) atoms. The molecular weight excluding hydrogens is 504 g/mol. The van der Waals surface area contributed by atoms with Gasteiger partial charge in [0.25, 0.3) is 5.91 Å². The van der Waals surface area contributed by atoms with Crippen molar-refractivity contribution in [3.8, 4) is 11.5 Å². The van der Waals surface area contributed by atoms with Crippen molar-refractivity contribution in [3.63, 3.8) is 0 Å². The maximum absolute atomic E-state index is 12.5. The van der Waals surface area contributed by atoms with E-state index in [0.29, 0.717) is 5.56 Å². The van der Waals surface area contributed by atoms with Gasteiger partial charge in [0, 0.05) is 6.92 Å². The lowest BCUT2D eigenvalue weighted by Gasteiger charge is -2.42. The Labute approximate surface area is 209 Å². The average molecular weight is 529 g/mol. The number of nitrogens with zero attached hydrogens (tertiary/aromatic N) is 1. The van der Waals surface area contributed by atoms with Crippen molar-refractivity contribution in [2.75, 3.05) is 20.3 Å². The lowest BCUT2D eigenvalue weighted by atomic mass is 9.97. The lowest BCUT2D eigenvalue weighted by Crippen LogP contribution is -2.65. The molecule has 14 heteroatoms. The topological polar surface area (TPSA) is 175 Å². The summed E-state index contributed by atoms with van der Waals surface area (Å²) in [6.07, 6.45) is -3.85. The number of carboxylic acids is 1. The van der Waals surface area contributed by atoms with E-state index in [1.54, 1.807) is 12.1 Å². The number of nitrogens with one attached hydrogen (secondary N) is 1. The normalized spacial score (nSPS) is 27.7. The van der Waals surface area contributed by atoms with Gasteiger partial charge in [0.2, 0.25) is 12.2 Å². The van der Waals surface area contributed by atoms with Crippen molar-refractivity contribution < 1.29 is 49.0 Å². The third kappa shape index (κ3) is 6.09. The van der Waals surface area contributed by atoms with Gasteiger partial charge in [-0.2, -0.15) is 0 Å². The Morgan fingerprint density at radius 1 is 1.29 bits per heavy atom. The van der Waals surface area contributed by atoms with E-state index in [4.69, 9.17) is 31.5 Å². The molecule has 0 spiro atoms. The van der Waals surface area contributed by atoms with Crippen molar-refractivity contribution >= 4 is 52.2 Å². The summed E-state index contributed by atoms with van der Waals surface area (Å²) < 4.78 is 16.9. The number of carbonyl (C=O) groups is 3. The monoisotopic (exact) mass is 528 g/mol. The minimum Gasteiger partial charge on any atom is -0.493 e. The number of amides is 2. The van der Waals surface area contributed by atoms with Crippen molar-refractivity contribution in [3.05, 3.63) is 28.7 Å². The van der Waals surface area contributed by atoms with Gasteiger partial charge in [0.1, 0.15) is 35.2 Å². The molecule has 0 unspecified atom stereocenters. The molecule has 190 valence electrons. The van der Waals surface area contributed by atoms with Gasteiger partial charge in [-0.25, -0.2) is 0 Å². The number of aliphatic hydroxyl groups excluding tert-OH is 3. The molecule has 2 aliphatic heterocycles. The number of carboxylic acid groups (broad SMARTS) is 1. The maximum Gasteiger partial charge on any atom is 0.323 e. The summed E-state index contributed by atoms with van der Waals surface area (Å²) >= 11 is 6.06. The number of thioether (sulfide) groups is 1. The molecule has 0 aliphatic carbocycles. The minimum absolute atomic E-state index is 0.133. The molecule has 3 rings (SSSR count). The SMILES string of the molecule is COc1cc(/C=C2\SC(=S)N(CC(=O)O)C2=O)ccc1O[C@@H]1O[C@H](CO)[C@@H](O)[C@H](O)[C@H]1NC(C)=O. The van der Waals surface area contributed by atoms with Crippen molar-refractivity contribution in [2.45, 2.75) is 37.6 Å². The second-order valence-corrected chi connectivity index (χ2v) is 9.30. The summed E-state index contributed by atoms with van der Waals surface area (Å²) in [5.74, 6) is -1.84. The fourth-order valence-corrected chi connectivity index (χ4v) is 4.75. The van der Waals surface area contributed by atoms with Crippen LogP contribution in [0.3, 0.4) is 0 Å². The van der Waals surface area contributed by atoms with Crippen LogP contribution >= 0.6 is 24.0 Å². The molecule has 12 nitrogen and oxygen atoms in total. The summed E-state index contributed by atoms with van der Waals surface area (Å²) in [5, 5.41) is 41.5. The first kappa shape index (κ1) is 26.8. The third-order valence-corrected chi connectivity index (χ3v) is 6.52. The second-order valence-electron chi connectivity index (χ2n) is 7.62. The molecule has 0 aromatic heterocycles. The van der Waals surface area contributed by atoms with Crippen molar-refractivity contribution in [1.82, 2.24) is 10.2 Å². The molecule has 1 aromatic carbocycles. The molecule has 2 fully saturated rings. The Morgan fingerprint density at radius 3 is 2.60 bits per heavy atom. The molecular formula is C21H24N2O10S2. The van der Waals surface area contributed by atoms with E-state index < -0.39 is 61.6 Å². The predicted octanol–water partition coefficient (Wildman–Crippen LogP) is -0.696. The Bertz CT molecular complexity index is 1050. The Balaban J connectivity index is 1.84. The number of benzene rings is 1. The number of ether oxygens (including phenoxy) is 3. The zero-order valence-corrected chi connectivity index (χ0v) is 20.2. The molecule has 0 radical (unpaired) electrons. The van der Waals surface area contributed by atoms with Crippen LogP contribution in [0.25, 0.3) is 6.08 Å². The summed E-state index contributed by atoms with van der Waals surface area (Å²) in [4.78, 5) is 36.3. The van der Waals surface area contributed by atoms with E-state index in [1.807, 2.05) is 0 Å². The van der Waals surface area contributed by atoms with Gasteiger partial charge in [0.15, 0.2) is 11.5 Å². The van der Waals surface area contributed by atoms with Crippen LogP contribution in [-0.4, -0.2) is 98.3 Å². The molecule has 1 aromatic rings. The predicted molar refractivity (Wildman–Crippen MR) is 127 cm³/mol. The number of aliphatic carboxylic acids is 1. The zero-order chi connectivity index (χ0) is 25.9. The van der Waals surface area contributed by atoms with Gasteiger partial charge in [-0.15, -0.1) is 0 Å². The van der Waals surface area contributed by atoms with E-state index in [2.05, 4.69) is 5.32 Å². The second kappa shape index (κ2) is 11.3. The van der Waals surface area contributed by atoms with Crippen LogP contribution in [0.4, 0.5) is 0 Å². The molecule has 5 atom stereocenters. The number of carbonyl (C=O) groups excluding carboxylic acids is 2. The van der Waals surface area contributed by atoms with Crippen LogP contribution in [0, 0.1) is 0 Å². The largest absolute Gasteiger partial charge is 0.493 e. The van der Waals surface area contributed by atoms with Crippen LogP contribution in [-0.2, 0) is 19.1 Å². The highest BCUT2D eigenvalue weighted by Crippen LogP contribution is 2.36. The Morgan fingerprint density at radius 2 is 2.00 bits per heavy atom. The molecule has 2 heterocycles. The van der Waals surface area contributed by atoms with E-state index in [1.165, 1.54) is 26.2 Å². The van der Waals surface area contributed by atoms with Gasteiger partial charge < -0.3 is 40.0 Å². The zero-order valence-electron chi connectivity index (χ0n) is 18.6. The number of hydrogen-bond acceptors (Lipinski definition) is 11. The van der Waals surface area contributed by atoms with E-state index in [0.717, 1.165) is 16.7 Å². The van der Waals surface area contributed by atoms with Gasteiger partial charge in [0.05, 0.1) is 18.6 Å². The Hall–Kier alpha value is -2.75. The highest BCUT2D eigenvalue weighted by atomic mass is 32.2. The molecule has 2 saturated heterocycles. The number of hydrogen-bond donors (Lipinski definition) is 5. The molecule has 2 amide bonds.